The van der Waals surface area contributed by atoms with Gasteiger partial charge in [-0.05, 0) is 26.4 Å². The summed E-state index contributed by atoms with van der Waals surface area (Å²) in [7, 11) is 1.86. The predicted octanol–water partition coefficient (Wildman–Crippen LogP) is -1.20. The van der Waals surface area contributed by atoms with Crippen molar-refractivity contribution in [1.29, 1.82) is 0 Å². The average Bonchev–Trinajstić information content (AvgIpc) is 1.88. The highest BCUT2D eigenvalue weighted by molar-refractivity contribution is 5.79. The Morgan fingerprint density at radius 2 is 2.30 bits per heavy atom. The van der Waals surface area contributed by atoms with E-state index in [4.69, 9.17) is 11.5 Å². The largest absolute Gasteiger partial charge is 0.368 e. The molecule has 0 aliphatic carbocycles. The van der Waals surface area contributed by atoms with Gasteiger partial charge in [0.25, 0.3) is 0 Å². The molecule has 4 heteroatoms. The van der Waals surface area contributed by atoms with Gasteiger partial charge in [0.05, 0.1) is 6.04 Å². The molecule has 0 fully saturated rings. The summed E-state index contributed by atoms with van der Waals surface area (Å²) in [5, 5.41) is 2.95. The molecular weight excluding hydrogens is 130 g/mol. The Kier molecular flexibility index (Phi) is 4.88. The number of hydrogen-bond donors (Lipinski definition) is 3. The van der Waals surface area contributed by atoms with Crippen LogP contribution in [0.25, 0.3) is 0 Å². The summed E-state index contributed by atoms with van der Waals surface area (Å²) >= 11 is 0. The predicted molar refractivity (Wildman–Crippen MR) is 40.3 cm³/mol. The molecule has 0 spiro atoms. The van der Waals surface area contributed by atoms with E-state index < -0.39 is 11.9 Å². The van der Waals surface area contributed by atoms with Crippen LogP contribution < -0.4 is 16.8 Å². The molecule has 0 aliphatic rings. The molecule has 1 amide bonds. The van der Waals surface area contributed by atoms with Crippen molar-refractivity contribution in [2.45, 2.75) is 18.9 Å². The highest BCUT2D eigenvalue weighted by Crippen LogP contribution is 1.90. The van der Waals surface area contributed by atoms with Crippen LogP contribution in [0.3, 0.4) is 0 Å². The molecule has 0 heterocycles. The van der Waals surface area contributed by atoms with Crippen molar-refractivity contribution in [1.82, 2.24) is 5.32 Å². The fourth-order valence-electron chi connectivity index (χ4n) is 0.641. The van der Waals surface area contributed by atoms with Gasteiger partial charge in [-0.2, -0.15) is 0 Å². The SMILES string of the molecule is CNCCC[C@@H](N)C(N)=O. The lowest BCUT2D eigenvalue weighted by molar-refractivity contribution is -0.119. The first kappa shape index (κ1) is 9.39. The lowest BCUT2D eigenvalue weighted by Gasteiger charge is -2.05. The molecular formula is C6H15N3O. The van der Waals surface area contributed by atoms with Crippen LogP contribution in [0.1, 0.15) is 12.8 Å². The van der Waals surface area contributed by atoms with Gasteiger partial charge >= 0.3 is 0 Å². The molecule has 4 nitrogen and oxygen atoms in total. The second-order valence-corrected chi connectivity index (χ2v) is 2.25. The molecule has 0 bridgehead atoms. The first-order valence-electron chi connectivity index (χ1n) is 3.38. The number of rotatable bonds is 5. The number of amides is 1. The van der Waals surface area contributed by atoms with E-state index in [2.05, 4.69) is 5.32 Å². The van der Waals surface area contributed by atoms with Crippen molar-refractivity contribution < 1.29 is 4.79 Å². The second kappa shape index (κ2) is 5.20. The third kappa shape index (κ3) is 4.29. The van der Waals surface area contributed by atoms with Crippen LogP contribution in [-0.4, -0.2) is 25.5 Å². The van der Waals surface area contributed by atoms with Crippen LogP contribution >= 0.6 is 0 Å². The first-order valence-corrected chi connectivity index (χ1v) is 3.38. The minimum Gasteiger partial charge on any atom is -0.368 e. The highest BCUT2D eigenvalue weighted by atomic mass is 16.1. The summed E-state index contributed by atoms with van der Waals surface area (Å²) in [6.07, 6.45) is 1.55. The molecule has 10 heavy (non-hydrogen) atoms. The lowest BCUT2D eigenvalue weighted by Crippen LogP contribution is -2.36. The number of primary amides is 1. The molecule has 5 N–H and O–H groups in total. The molecule has 0 unspecified atom stereocenters. The summed E-state index contributed by atoms with van der Waals surface area (Å²) in [5.41, 5.74) is 10.3. The van der Waals surface area contributed by atoms with Gasteiger partial charge in [0.15, 0.2) is 0 Å². The molecule has 0 saturated heterocycles. The van der Waals surface area contributed by atoms with Gasteiger partial charge in [-0.15, -0.1) is 0 Å². The van der Waals surface area contributed by atoms with Crippen LogP contribution in [0.4, 0.5) is 0 Å². The average molecular weight is 145 g/mol. The van der Waals surface area contributed by atoms with E-state index in [0.29, 0.717) is 6.42 Å². The van der Waals surface area contributed by atoms with E-state index in [1.807, 2.05) is 7.05 Å². The van der Waals surface area contributed by atoms with Gasteiger partial charge in [-0.1, -0.05) is 0 Å². The number of carbonyl (C=O) groups excluding carboxylic acids is 1. The summed E-state index contributed by atoms with van der Waals surface area (Å²) in [4.78, 5) is 10.4. The Morgan fingerprint density at radius 3 is 2.70 bits per heavy atom. The maximum absolute atomic E-state index is 10.4. The summed E-state index contributed by atoms with van der Waals surface area (Å²) in [6, 6.07) is -0.478. The summed E-state index contributed by atoms with van der Waals surface area (Å²) in [5.74, 6) is -0.420. The van der Waals surface area contributed by atoms with Gasteiger partial charge in [0.2, 0.25) is 5.91 Å². The molecule has 0 aromatic carbocycles. The Labute approximate surface area is 61.0 Å². The third-order valence-corrected chi connectivity index (χ3v) is 1.31. The van der Waals surface area contributed by atoms with E-state index >= 15 is 0 Å². The van der Waals surface area contributed by atoms with Crippen molar-refractivity contribution in [2.24, 2.45) is 11.5 Å². The molecule has 0 saturated carbocycles. The monoisotopic (exact) mass is 145 g/mol. The number of nitrogens with two attached hydrogens (primary N) is 2. The van der Waals surface area contributed by atoms with Crippen molar-refractivity contribution in [3.05, 3.63) is 0 Å². The third-order valence-electron chi connectivity index (χ3n) is 1.31. The van der Waals surface area contributed by atoms with Crippen LogP contribution in [0.2, 0.25) is 0 Å². The molecule has 0 radical (unpaired) electrons. The smallest absolute Gasteiger partial charge is 0.234 e. The van der Waals surface area contributed by atoms with Gasteiger partial charge < -0.3 is 16.8 Å². The fourth-order valence-corrected chi connectivity index (χ4v) is 0.641. The molecule has 0 aromatic heterocycles. The topological polar surface area (TPSA) is 81.1 Å². The normalized spacial score (nSPS) is 13.0. The number of carbonyl (C=O) groups is 1. The molecule has 1 atom stereocenters. The molecule has 0 aromatic rings. The lowest BCUT2D eigenvalue weighted by atomic mass is 10.1. The zero-order valence-corrected chi connectivity index (χ0v) is 6.26. The van der Waals surface area contributed by atoms with E-state index in [-0.39, 0.29) is 0 Å². The molecule has 60 valence electrons. The Hall–Kier alpha value is -0.610. The Balaban J connectivity index is 3.21. The molecule has 0 rings (SSSR count). The number of nitrogens with one attached hydrogen (secondary N) is 1. The second-order valence-electron chi connectivity index (χ2n) is 2.25. The van der Waals surface area contributed by atoms with Gasteiger partial charge in [0, 0.05) is 0 Å². The first-order chi connectivity index (χ1) is 4.68. The maximum Gasteiger partial charge on any atom is 0.234 e. The maximum atomic E-state index is 10.4. The van der Waals surface area contributed by atoms with Gasteiger partial charge in [0.1, 0.15) is 0 Å². The minimum absolute atomic E-state index is 0.420. The van der Waals surface area contributed by atoms with Crippen molar-refractivity contribution in [3.63, 3.8) is 0 Å². The number of hydrogen-bond acceptors (Lipinski definition) is 3. The van der Waals surface area contributed by atoms with Crippen LogP contribution in [0.15, 0.2) is 0 Å². The summed E-state index contributed by atoms with van der Waals surface area (Å²) < 4.78 is 0. The van der Waals surface area contributed by atoms with Crippen LogP contribution in [0.5, 0.6) is 0 Å². The minimum atomic E-state index is -0.478. The standard InChI is InChI=1S/C6H15N3O/c1-9-4-2-3-5(7)6(8)10/h5,9H,2-4,7H2,1H3,(H2,8,10)/t5-/m1/s1. The van der Waals surface area contributed by atoms with Crippen LogP contribution in [0, 0.1) is 0 Å². The van der Waals surface area contributed by atoms with E-state index in [9.17, 15) is 4.79 Å². The van der Waals surface area contributed by atoms with Gasteiger partial charge in [-0.25, -0.2) is 0 Å². The fraction of sp³-hybridized carbons (Fsp3) is 0.833. The molecule has 0 aliphatic heterocycles. The summed E-state index contributed by atoms with van der Waals surface area (Å²) in [6.45, 7) is 0.876. The zero-order valence-electron chi connectivity index (χ0n) is 6.26. The van der Waals surface area contributed by atoms with Crippen LogP contribution in [-0.2, 0) is 4.79 Å². The van der Waals surface area contributed by atoms with Crippen molar-refractivity contribution in [2.75, 3.05) is 13.6 Å². The van der Waals surface area contributed by atoms with Crippen molar-refractivity contribution in [3.8, 4) is 0 Å². The van der Waals surface area contributed by atoms with E-state index in [1.54, 1.807) is 0 Å². The van der Waals surface area contributed by atoms with Crippen molar-refractivity contribution >= 4 is 5.91 Å². The Morgan fingerprint density at radius 1 is 1.70 bits per heavy atom. The van der Waals surface area contributed by atoms with E-state index in [0.717, 1.165) is 13.0 Å². The van der Waals surface area contributed by atoms with Gasteiger partial charge in [-0.3, -0.25) is 4.79 Å². The quantitative estimate of drug-likeness (QED) is 0.425. The zero-order chi connectivity index (χ0) is 7.98. The Bertz CT molecular complexity index is 105. The highest BCUT2D eigenvalue weighted by Gasteiger charge is 2.06. The van der Waals surface area contributed by atoms with E-state index in [1.165, 1.54) is 0 Å².